The fourth-order valence-corrected chi connectivity index (χ4v) is 7.02. The van der Waals surface area contributed by atoms with Crippen LogP contribution in [0, 0.1) is 23.7 Å². The fraction of sp³-hybridized carbons (Fsp3) is 0.417. The lowest BCUT2D eigenvalue weighted by Gasteiger charge is -2.12. The van der Waals surface area contributed by atoms with Crippen molar-refractivity contribution < 1.29 is 8.83 Å². The smallest absolute Gasteiger partial charge is 0.227 e. The van der Waals surface area contributed by atoms with E-state index in [4.69, 9.17) is 18.8 Å². The molecule has 0 radical (unpaired) electrons. The van der Waals surface area contributed by atoms with Gasteiger partial charge >= 0.3 is 0 Å². The second kappa shape index (κ2) is 16.9. The maximum absolute atomic E-state index is 6.74. The first kappa shape index (κ1) is 37.3. The highest BCUT2D eigenvalue weighted by Crippen LogP contribution is 2.36. The number of rotatable bonds is 16. The van der Waals surface area contributed by atoms with Crippen LogP contribution in [0.4, 0.5) is 0 Å². The van der Waals surface area contributed by atoms with E-state index >= 15 is 0 Å². The van der Waals surface area contributed by atoms with Gasteiger partial charge in [0, 0.05) is 11.1 Å². The Morgan fingerprint density at radius 3 is 1.58 bits per heavy atom. The van der Waals surface area contributed by atoms with Crippen LogP contribution >= 0.6 is 0 Å². The monoisotopic (exact) mass is 694 g/mol. The lowest BCUT2D eigenvalue weighted by Crippen LogP contribution is -2.02. The molecule has 4 nitrogen and oxygen atoms in total. The first-order chi connectivity index (χ1) is 25.2. The summed E-state index contributed by atoms with van der Waals surface area (Å²) in [6, 6.07) is 26.1. The van der Waals surface area contributed by atoms with Crippen LogP contribution in [0.3, 0.4) is 0 Å². The Morgan fingerprint density at radius 2 is 1.04 bits per heavy atom. The Balaban J connectivity index is 1.47. The van der Waals surface area contributed by atoms with Crippen LogP contribution < -0.4 is 0 Å². The Hall–Kier alpha value is -4.44. The van der Waals surface area contributed by atoms with Gasteiger partial charge in [-0.05, 0) is 113 Å². The normalized spacial score (nSPS) is 14.4. The van der Waals surface area contributed by atoms with Gasteiger partial charge in [-0.3, -0.25) is 0 Å². The lowest BCUT2D eigenvalue weighted by atomic mass is 9.93. The van der Waals surface area contributed by atoms with Crippen molar-refractivity contribution in [2.75, 3.05) is 0 Å². The molecule has 0 aliphatic heterocycles. The molecular weight excluding hydrogens is 637 g/mol. The number of benzene rings is 4. The molecule has 0 aliphatic rings. The zero-order valence-electron chi connectivity index (χ0n) is 32.8. The van der Waals surface area contributed by atoms with E-state index in [0.29, 0.717) is 35.5 Å². The van der Waals surface area contributed by atoms with E-state index in [9.17, 15) is 0 Å². The largest absolute Gasteiger partial charge is 0.436 e. The fourth-order valence-electron chi connectivity index (χ4n) is 7.02. The van der Waals surface area contributed by atoms with Crippen molar-refractivity contribution in [3.63, 3.8) is 0 Å². The van der Waals surface area contributed by atoms with Crippen LogP contribution in [0.25, 0.3) is 57.3 Å². The first-order valence-electron chi connectivity index (χ1n) is 19.9. The van der Waals surface area contributed by atoms with Crippen LogP contribution in [0.2, 0.25) is 0 Å². The van der Waals surface area contributed by atoms with Crippen LogP contribution in [0.15, 0.2) is 81.6 Å². The molecular formula is C48H58N2O2. The summed E-state index contributed by atoms with van der Waals surface area (Å²) in [5, 5.41) is 0. The summed E-state index contributed by atoms with van der Waals surface area (Å²) in [5.74, 6) is 3.65. The van der Waals surface area contributed by atoms with Gasteiger partial charge in [0.05, 0.1) is 0 Å². The average Bonchev–Trinajstić information content (AvgIpc) is 3.79. The highest BCUT2D eigenvalue weighted by Gasteiger charge is 2.20. The summed E-state index contributed by atoms with van der Waals surface area (Å²) in [6.07, 6.45) is 12.9. The van der Waals surface area contributed by atoms with E-state index in [0.717, 1.165) is 95.8 Å². The molecule has 0 bridgehead atoms. The third-order valence-electron chi connectivity index (χ3n) is 11.1. The van der Waals surface area contributed by atoms with Crippen molar-refractivity contribution in [2.24, 2.45) is 23.7 Å². The standard InChI is InChI=1S/C48H58N2O2/c1-9-31(5)22-36-26-40(24-33(7)11-3)45-43(28-36)49-47(51-45)39-20-21-42(38(30-39)19-18-35-16-14-13-15-17-35)48-50-44-29-37(23-32(6)10-2)27-41(46(44)52-48)25-34(8)12-4/h13-21,26-34H,9-12,22-25H2,1-8H3. The Labute approximate surface area is 311 Å². The molecule has 4 atom stereocenters. The number of hydrogen-bond donors (Lipinski definition) is 0. The molecule has 0 fully saturated rings. The SMILES string of the molecule is CCC(C)Cc1cc(CC(C)CC)c2oc(-c3ccc(-c4nc5cc(CC(C)CC)cc(CC(C)CC)c5o4)c(C=Cc4ccccc4)c3)nc2c1. The quantitative estimate of drug-likeness (QED) is 0.0946. The zero-order chi connectivity index (χ0) is 36.8. The van der Waals surface area contributed by atoms with E-state index in [1.165, 1.54) is 22.3 Å². The molecule has 6 rings (SSSR count). The topological polar surface area (TPSA) is 52.1 Å². The molecule has 4 aromatic carbocycles. The molecule has 0 saturated heterocycles. The summed E-state index contributed by atoms with van der Waals surface area (Å²) >= 11 is 0. The van der Waals surface area contributed by atoms with Gasteiger partial charge in [-0.25, -0.2) is 9.97 Å². The molecule has 6 aromatic rings. The minimum atomic E-state index is 0.562. The van der Waals surface area contributed by atoms with Crippen molar-refractivity contribution in [1.29, 1.82) is 0 Å². The molecule has 0 N–H and O–H groups in total. The van der Waals surface area contributed by atoms with Gasteiger partial charge < -0.3 is 8.83 Å². The van der Waals surface area contributed by atoms with Crippen molar-refractivity contribution >= 4 is 34.4 Å². The first-order valence-corrected chi connectivity index (χ1v) is 19.9. The number of aromatic nitrogens is 2. The molecule has 4 heteroatoms. The van der Waals surface area contributed by atoms with Gasteiger partial charge in [0.25, 0.3) is 0 Å². The van der Waals surface area contributed by atoms with Gasteiger partial charge in [0.2, 0.25) is 11.8 Å². The van der Waals surface area contributed by atoms with E-state index in [2.05, 4.69) is 134 Å². The second-order valence-corrected chi connectivity index (χ2v) is 15.7. The van der Waals surface area contributed by atoms with E-state index in [-0.39, 0.29) is 0 Å². The molecule has 272 valence electrons. The average molecular weight is 695 g/mol. The molecule has 0 amide bonds. The molecule has 0 aliphatic carbocycles. The van der Waals surface area contributed by atoms with E-state index in [1.807, 2.05) is 6.07 Å². The lowest BCUT2D eigenvalue weighted by molar-refractivity contribution is 0.546. The third kappa shape index (κ3) is 8.77. The van der Waals surface area contributed by atoms with Gasteiger partial charge in [0.15, 0.2) is 11.2 Å². The predicted octanol–water partition coefficient (Wildman–Crippen LogP) is 13.8. The maximum atomic E-state index is 6.74. The molecule has 0 spiro atoms. The highest BCUT2D eigenvalue weighted by atomic mass is 16.4. The molecule has 2 heterocycles. The zero-order valence-corrected chi connectivity index (χ0v) is 32.8. The van der Waals surface area contributed by atoms with Crippen molar-refractivity contribution in [3.8, 4) is 22.9 Å². The van der Waals surface area contributed by atoms with Gasteiger partial charge in [0.1, 0.15) is 11.0 Å². The number of nitrogens with zero attached hydrogens (tertiary/aromatic N) is 2. The minimum absolute atomic E-state index is 0.562. The number of hydrogen-bond acceptors (Lipinski definition) is 4. The van der Waals surface area contributed by atoms with Gasteiger partial charge in [-0.15, -0.1) is 0 Å². The highest BCUT2D eigenvalue weighted by molar-refractivity contribution is 5.86. The summed E-state index contributed by atoms with van der Waals surface area (Å²) < 4.78 is 13.4. The Bertz CT molecular complexity index is 2120. The predicted molar refractivity (Wildman–Crippen MR) is 220 cm³/mol. The Morgan fingerprint density at radius 1 is 0.538 bits per heavy atom. The van der Waals surface area contributed by atoms with Crippen LogP contribution in [-0.4, -0.2) is 9.97 Å². The minimum Gasteiger partial charge on any atom is -0.436 e. The maximum Gasteiger partial charge on any atom is 0.227 e. The molecule has 2 aromatic heterocycles. The van der Waals surface area contributed by atoms with Crippen molar-refractivity contribution in [3.05, 3.63) is 106 Å². The van der Waals surface area contributed by atoms with Crippen LogP contribution in [-0.2, 0) is 25.7 Å². The van der Waals surface area contributed by atoms with Crippen molar-refractivity contribution in [1.82, 2.24) is 9.97 Å². The summed E-state index contributed by atoms with van der Waals surface area (Å²) in [6.45, 7) is 18.4. The summed E-state index contributed by atoms with van der Waals surface area (Å²) in [7, 11) is 0. The molecule has 4 unspecified atom stereocenters. The van der Waals surface area contributed by atoms with Gasteiger partial charge in [-0.1, -0.05) is 136 Å². The molecule has 0 saturated carbocycles. The summed E-state index contributed by atoms with van der Waals surface area (Å²) in [4.78, 5) is 10.3. The van der Waals surface area contributed by atoms with Crippen LogP contribution in [0.1, 0.15) is 114 Å². The third-order valence-corrected chi connectivity index (χ3v) is 11.1. The van der Waals surface area contributed by atoms with E-state index in [1.54, 1.807) is 0 Å². The van der Waals surface area contributed by atoms with E-state index < -0.39 is 0 Å². The van der Waals surface area contributed by atoms with Crippen molar-refractivity contribution in [2.45, 2.75) is 107 Å². The van der Waals surface area contributed by atoms with Gasteiger partial charge in [-0.2, -0.15) is 0 Å². The van der Waals surface area contributed by atoms with Crippen LogP contribution in [0.5, 0.6) is 0 Å². The number of fused-ring (bicyclic) bond motifs is 2. The molecule has 52 heavy (non-hydrogen) atoms. The Kier molecular flexibility index (Phi) is 12.1. The summed E-state index contributed by atoms with van der Waals surface area (Å²) in [5.41, 5.74) is 12.9. The number of oxazole rings is 2. The second-order valence-electron chi connectivity index (χ2n) is 15.7.